The number of rotatable bonds is 5. The summed E-state index contributed by atoms with van der Waals surface area (Å²) < 4.78 is 43.2. The van der Waals surface area contributed by atoms with Crippen molar-refractivity contribution < 1.29 is 37.8 Å². The highest BCUT2D eigenvalue weighted by molar-refractivity contribution is 6.34. The molecule has 2 fully saturated rings. The summed E-state index contributed by atoms with van der Waals surface area (Å²) in [5.41, 5.74) is 0.156. The quantitative estimate of drug-likeness (QED) is 0.455. The van der Waals surface area contributed by atoms with E-state index in [9.17, 15) is 32.7 Å². The lowest BCUT2D eigenvalue weighted by atomic mass is 9.79. The van der Waals surface area contributed by atoms with E-state index in [1.807, 2.05) is 20.0 Å². The molecule has 0 spiro atoms. The van der Waals surface area contributed by atoms with Crippen molar-refractivity contribution in [2.75, 3.05) is 20.1 Å². The van der Waals surface area contributed by atoms with Crippen LogP contribution in [-0.2, 0) is 27.8 Å². The second kappa shape index (κ2) is 11.8. The Morgan fingerprint density at radius 2 is 1.86 bits per heavy atom. The molecule has 1 unspecified atom stereocenters. The standard InChI is InChI=1S/C27H26ClF3N2O4.C4H9NO/c1-14-11-16(6-8-17(14)25(36)37)23-18-7-5-15(13-34)12-21(18)33(32-23)24(35)22-19(3-2-4-20(22)28)26(9-10-26)27(29,30)31;1-5-2-4(6)3-5/h2-4,11,13-15,17H,5-10,12H2,1H3,(H,36,37);4,6H,2-3H2,1H3/t14-,15?,17+;/m0./s1. The average Bonchev–Trinajstić information content (AvgIpc) is 3.68. The largest absolute Gasteiger partial charge is 0.481 e. The molecule has 1 aliphatic heterocycles. The average molecular weight is 622 g/mol. The number of likely N-dealkylation sites (tertiary alicyclic amines) is 1. The molecule has 4 aliphatic rings. The number of carbonyl (C=O) groups excluding carboxylic acids is 2. The molecular formula is C31H35ClF3N3O5. The van der Waals surface area contributed by atoms with E-state index in [-0.39, 0.29) is 53.4 Å². The normalized spacial score (nSPS) is 25.0. The first-order valence-corrected chi connectivity index (χ1v) is 14.9. The van der Waals surface area contributed by atoms with Crippen LogP contribution in [0.3, 0.4) is 0 Å². The summed E-state index contributed by atoms with van der Waals surface area (Å²) in [6.45, 7) is 3.54. The van der Waals surface area contributed by atoms with Crippen LogP contribution < -0.4 is 0 Å². The van der Waals surface area contributed by atoms with Gasteiger partial charge in [-0.1, -0.05) is 36.7 Å². The van der Waals surface area contributed by atoms with Gasteiger partial charge in [-0.25, -0.2) is 0 Å². The fourth-order valence-corrected chi connectivity index (χ4v) is 6.81. The first kappa shape index (κ1) is 31.4. The summed E-state index contributed by atoms with van der Waals surface area (Å²) in [5, 5.41) is 22.6. The monoisotopic (exact) mass is 621 g/mol. The number of β-amino-alcohol motifs (C(OH)–C–C–N with tert-alkyl or cyclic N) is 1. The molecule has 1 saturated carbocycles. The number of aldehydes is 1. The highest BCUT2D eigenvalue weighted by atomic mass is 35.5. The third kappa shape index (κ3) is 5.91. The second-order valence-corrected chi connectivity index (χ2v) is 12.7. The Bertz CT molecular complexity index is 1450. The van der Waals surface area contributed by atoms with E-state index < -0.39 is 29.4 Å². The Hall–Kier alpha value is -3.02. The van der Waals surface area contributed by atoms with Crippen molar-refractivity contribution >= 4 is 35.3 Å². The van der Waals surface area contributed by atoms with E-state index in [4.69, 9.17) is 16.7 Å². The Morgan fingerprint density at radius 3 is 2.37 bits per heavy atom. The first-order valence-electron chi connectivity index (χ1n) is 14.5. The van der Waals surface area contributed by atoms with E-state index in [2.05, 4.69) is 10.00 Å². The number of aromatic nitrogens is 2. The van der Waals surface area contributed by atoms with Gasteiger partial charge < -0.3 is 19.9 Å². The molecule has 232 valence electrons. The van der Waals surface area contributed by atoms with Crippen LogP contribution in [-0.4, -0.2) is 75.5 Å². The van der Waals surface area contributed by atoms with Gasteiger partial charge in [0.1, 0.15) is 6.29 Å². The third-order valence-corrected chi connectivity index (χ3v) is 9.54. The minimum Gasteiger partial charge on any atom is -0.481 e. The van der Waals surface area contributed by atoms with Gasteiger partial charge in [-0.05, 0) is 75.1 Å². The Kier molecular flexibility index (Phi) is 8.63. The highest BCUT2D eigenvalue weighted by Gasteiger charge is 2.65. The van der Waals surface area contributed by atoms with Crippen molar-refractivity contribution in [2.24, 2.45) is 17.8 Å². The zero-order chi connectivity index (χ0) is 31.3. The number of carboxylic acids is 1. The molecule has 1 saturated heterocycles. The summed E-state index contributed by atoms with van der Waals surface area (Å²) >= 11 is 6.37. The summed E-state index contributed by atoms with van der Waals surface area (Å²) in [5.74, 6) is -2.73. The van der Waals surface area contributed by atoms with Crippen LogP contribution in [0.15, 0.2) is 24.3 Å². The molecule has 2 heterocycles. The van der Waals surface area contributed by atoms with Crippen molar-refractivity contribution in [1.29, 1.82) is 0 Å². The van der Waals surface area contributed by atoms with Crippen molar-refractivity contribution in [3.63, 3.8) is 0 Å². The number of fused-ring (bicyclic) bond motifs is 1. The van der Waals surface area contributed by atoms with Crippen LogP contribution in [0, 0.1) is 17.8 Å². The molecule has 1 aromatic heterocycles. The fraction of sp³-hybridized carbons (Fsp3) is 0.548. The number of aliphatic carboxylic acids is 1. The maximum atomic E-state index is 14.0. The van der Waals surface area contributed by atoms with E-state index in [0.717, 1.165) is 35.2 Å². The maximum Gasteiger partial charge on any atom is 0.398 e. The van der Waals surface area contributed by atoms with Gasteiger partial charge in [0.15, 0.2) is 0 Å². The van der Waals surface area contributed by atoms with E-state index in [1.165, 1.54) is 18.2 Å². The Balaban J connectivity index is 0.000000548. The number of allylic oxidation sites excluding steroid dienone is 2. The molecule has 6 rings (SSSR count). The molecule has 3 atom stereocenters. The molecule has 0 amide bonds. The van der Waals surface area contributed by atoms with Crippen LogP contribution >= 0.6 is 11.6 Å². The number of carbonyl (C=O) groups is 3. The topological polar surface area (TPSA) is 113 Å². The number of likely N-dealkylation sites (N-methyl/N-ethyl adjacent to an activating group) is 1. The summed E-state index contributed by atoms with van der Waals surface area (Å²) in [7, 11) is 1.99. The number of carboxylic acid groups (broad SMARTS) is 1. The van der Waals surface area contributed by atoms with Gasteiger partial charge in [0.05, 0.1) is 39.4 Å². The van der Waals surface area contributed by atoms with E-state index in [1.54, 1.807) is 0 Å². The molecular weight excluding hydrogens is 587 g/mol. The van der Waals surface area contributed by atoms with Crippen molar-refractivity contribution in [3.8, 4) is 0 Å². The number of alkyl halides is 3. The van der Waals surface area contributed by atoms with Crippen LogP contribution in [0.2, 0.25) is 5.02 Å². The van der Waals surface area contributed by atoms with Crippen LogP contribution in [0.4, 0.5) is 13.2 Å². The van der Waals surface area contributed by atoms with Gasteiger partial charge in [-0.3, -0.25) is 9.59 Å². The minimum absolute atomic E-state index is 0.0324. The number of benzene rings is 1. The van der Waals surface area contributed by atoms with Crippen LogP contribution in [0.1, 0.15) is 71.9 Å². The molecule has 43 heavy (non-hydrogen) atoms. The van der Waals surface area contributed by atoms with Gasteiger partial charge in [0, 0.05) is 24.6 Å². The number of aliphatic hydroxyl groups is 1. The van der Waals surface area contributed by atoms with E-state index in [0.29, 0.717) is 37.1 Å². The predicted octanol–water partition coefficient (Wildman–Crippen LogP) is 4.93. The highest BCUT2D eigenvalue weighted by Crippen LogP contribution is 2.60. The smallest absolute Gasteiger partial charge is 0.398 e. The zero-order valence-electron chi connectivity index (χ0n) is 24.0. The van der Waals surface area contributed by atoms with Gasteiger partial charge in [-0.15, -0.1) is 0 Å². The van der Waals surface area contributed by atoms with Crippen molar-refractivity contribution in [2.45, 2.75) is 69.6 Å². The first-order chi connectivity index (χ1) is 20.3. The number of halogens is 4. The fourth-order valence-electron chi connectivity index (χ4n) is 6.56. The Morgan fingerprint density at radius 1 is 1.16 bits per heavy atom. The number of hydrogen-bond acceptors (Lipinski definition) is 6. The minimum atomic E-state index is -4.53. The van der Waals surface area contributed by atoms with Gasteiger partial charge in [0.25, 0.3) is 5.91 Å². The van der Waals surface area contributed by atoms with Gasteiger partial charge >= 0.3 is 12.1 Å². The molecule has 12 heteroatoms. The second-order valence-electron chi connectivity index (χ2n) is 12.3. The molecule has 8 nitrogen and oxygen atoms in total. The summed E-state index contributed by atoms with van der Waals surface area (Å²) in [6, 6.07) is 4.12. The maximum absolute atomic E-state index is 14.0. The summed E-state index contributed by atoms with van der Waals surface area (Å²) in [6.07, 6.45) is 0.0248. The van der Waals surface area contributed by atoms with Crippen molar-refractivity contribution in [3.05, 3.63) is 57.4 Å². The lowest BCUT2D eigenvalue weighted by molar-refractivity contribution is -0.160. The lowest BCUT2D eigenvalue weighted by Gasteiger charge is -2.31. The number of hydrogen-bond donors (Lipinski definition) is 2. The molecule has 3 aliphatic carbocycles. The molecule has 1 aromatic carbocycles. The van der Waals surface area contributed by atoms with Gasteiger partial charge in [0.2, 0.25) is 0 Å². The SMILES string of the molecule is CN1CC(O)C1.C[C@H]1C=C(c2nn(C(=O)c3c(Cl)cccc3C3(C(F)(F)F)CC3)c3c2CCC(C=O)C3)CC[C@H]1C(=O)O. The predicted molar refractivity (Wildman–Crippen MR) is 153 cm³/mol. The van der Waals surface area contributed by atoms with Crippen molar-refractivity contribution in [1.82, 2.24) is 14.7 Å². The number of aliphatic hydroxyl groups excluding tert-OH is 1. The van der Waals surface area contributed by atoms with Crippen LogP contribution in [0.25, 0.3) is 5.57 Å². The van der Waals surface area contributed by atoms with Gasteiger partial charge in [-0.2, -0.15) is 23.0 Å². The lowest BCUT2D eigenvalue weighted by Crippen LogP contribution is -2.47. The molecule has 0 bridgehead atoms. The van der Waals surface area contributed by atoms with E-state index >= 15 is 0 Å². The Labute approximate surface area is 252 Å². The third-order valence-electron chi connectivity index (χ3n) is 9.22. The molecule has 0 radical (unpaired) electrons. The molecule has 2 N–H and O–H groups in total. The number of nitrogens with zero attached hydrogens (tertiary/aromatic N) is 3. The zero-order valence-corrected chi connectivity index (χ0v) is 24.8. The summed E-state index contributed by atoms with van der Waals surface area (Å²) in [4.78, 5) is 39.2. The van der Waals surface area contributed by atoms with Crippen LogP contribution in [0.5, 0.6) is 0 Å². The molecule has 2 aromatic rings.